The molecule has 56 heavy (non-hydrogen) atoms. The summed E-state index contributed by atoms with van der Waals surface area (Å²) in [5, 5.41) is 0. The summed E-state index contributed by atoms with van der Waals surface area (Å²) in [5.41, 5.74) is 0. The van der Waals surface area contributed by atoms with Crippen molar-refractivity contribution < 1.29 is 42.1 Å². The van der Waals surface area contributed by atoms with Crippen LogP contribution in [0.2, 0.25) is 0 Å². The highest BCUT2D eigenvalue weighted by Crippen LogP contribution is 2.43. The largest absolute Gasteiger partial charge is 0.472 e. The summed E-state index contributed by atoms with van der Waals surface area (Å²) in [6.07, 6.45) is 40.0. The normalized spacial score (nSPS) is 13.5. The standard InChI is InChI=1S/C46H92NO8P/c1-6-8-10-12-14-16-18-20-22-23-25-27-29-31-33-35-37-39-46(49)55-44(43-54-56(50,51)53-41-40-47(3,4)5)42-52-45(48)38-36-34-32-30-28-26-24-21-19-17-15-13-11-9-7-2/h44H,6-43H2,1-5H3/p+1. The second kappa shape index (κ2) is 39.5. The number of nitrogens with zero attached hydrogens (tertiary/aromatic N) is 1. The lowest BCUT2D eigenvalue weighted by atomic mass is 10.0. The van der Waals surface area contributed by atoms with Gasteiger partial charge in [0.25, 0.3) is 0 Å². The Morgan fingerprint density at radius 3 is 1.14 bits per heavy atom. The van der Waals surface area contributed by atoms with Crippen LogP contribution in [0.5, 0.6) is 0 Å². The second-order valence-electron chi connectivity index (χ2n) is 17.5. The lowest BCUT2D eigenvalue weighted by Crippen LogP contribution is -2.37. The minimum Gasteiger partial charge on any atom is -0.462 e. The number of hydrogen-bond acceptors (Lipinski definition) is 7. The average molecular weight is 819 g/mol. The SMILES string of the molecule is CCCCCCCCCCCCCCCCCCCC(=O)OC(COC(=O)CCCCCCCCCCCCCCCCC)COP(=O)(O)OCC[N+](C)(C)C. The molecule has 0 heterocycles. The average Bonchev–Trinajstić information content (AvgIpc) is 3.15. The van der Waals surface area contributed by atoms with Crippen LogP contribution in [0, 0.1) is 0 Å². The molecule has 0 fully saturated rings. The predicted octanol–water partition coefficient (Wildman–Crippen LogP) is 13.6. The van der Waals surface area contributed by atoms with E-state index in [1.54, 1.807) is 0 Å². The number of likely N-dealkylation sites (N-methyl/N-ethyl adjacent to an activating group) is 1. The molecule has 9 nitrogen and oxygen atoms in total. The van der Waals surface area contributed by atoms with E-state index in [1.807, 2.05) is 21.1 Å². The van der Waals surface area contributed by atoms with Gasteiger partial charge in [-0.25, -0.2) is 4.57 Å². The van der Waals surface area contributed by atoms with Crippen LogP contribution in [0.3, 0.4) is 0 Å². The van der Waals surface area contributed by atoms with Crippen molar-refractivity contribution in [2.24, 2.45) is 0 Å². The number of phosphoric acid groups is 1. The topological polar surface area (TPSA) is 108 Å². The Bertz CT molecular complexity index is 927. The first kappa shape index (κ1) is 55.0. The molecule has 0 aliphatic heterocycles. The quantitative estimate of drug-likeness (QED) is 0.0280. The molecule has 0 aliphatic carbocycles. The molecule has 0 saturated carbocycles. The van der Waals surface area contributed by atoms with Gasteiger partial charge < -0.3 is 18.9 Å². The smallest absolute Gasteiger partial charge is 0.462 e. The van der Waals surface area contributed by atoms with Crippen molar-refractivity contribution in [1.29, 1.82) is 0 Å². The predicted molar refractivity (Wildman–Crippen MR) is 234 cm³/mol. The van der Waals surface area contributed by atoms with Gasteiger partial charge in [-0.15, -0.1) is 0 Å². The maximum atomic E-state index is 12.7. The molecule has 0 aromatic heterocycles. The maximum Gasteiger partial charge on any atom is 0.472 e. The molecule has 0 aliphatic rings. The molecule has 0 aromatic carbocycles. The molecule has 0 bridgehead atoms. The van der Waals surface area contributed by atoms with Crippen LogP contribution in [0.4, 0.5) is 0 Å². The van der Waals surface area contributed by atoms with Crippen LogP contribution in [0.15, 0.2) is 0 Å². The highest BCUT2D eigenvalue weighted by atomic mass is 31.2. The number of hydrogen-bond donors (Lipinski definition) is 1. The zero-order valence-electron chi connectivity index (χ0n) is 37.6. The number of carbonyl (C=O) groups is 2. The molecule has 2 unspecified atom stereocenters. The van der Waals surface area contributed by atoms with Crippen molar-refractivity contribution in [3.05, 3.63) is 0 Å². The highest BCUT2D eigenvalue weighted by molar-refractivity contribution is 7.47. The number of ether oxygens (including phenoxy) is 2. The fourth-order valence-electron chi connectivity index (χ4n) is 6.90. The van der Waals surface area contributed by atoms with Crippen molar-refractivity contribution in [3.63, 3.8) is 0 Å². The first-order valence-electron chi connectivity index (χ1n) is 23.8. The molecule has 0 spiro atoms. The van der Waals surface area contributed by atoms with E-state index in [2.05, 4.69) is 13.8 Å². The van der Waals surface area contributed by atoms with Crippen LogP contribution in [-0.2, 0) is 32.7 Å². The van der Waals surface area contributed by atoms with Gasteiger partial charge in [-0.3, -0.25) is 18.6 Å². The van der Waals surface area contributed by atoms with E-state index in [0.717, 1.165) is 38.5 Å². The Kier molecular flexibility index (Phi) is 38.8. The van der Waals surface area contributed by atoms with E-state index < -0.39 is 26.5 Å². The summed E-state index contributed by atoms with van der Waals surface area (Å²) in [6.45, 7) is 4.47. The summed E-state index contributed by atoms with van der Waals surface area (Å²) < 4.78 is 34.4. The Morgan fingerprint density at radius 2 is 0.804 bits per heavy atom. The van der Waals surface area contributed by atoms with E-state index in [1.165, 1.54) is 167 Å². The van der Waals surface area contributed by atoms with Crippen LogP contribution in [0.1, 0.15) is 232 Å². The van der Waals surface area contributed by atoms with Gasteiger partial charge >= 0.3 is 19.8 Å². The number of quaternary nitrogens is 1. The van der Waals surface area contributed by atoms with Gasteiger partial charge in [0.2, 0.25) is 0 Å². The second-order valence-corrected chi connectivity index (χ2v) is 19.0. The van der Waals surface area contributed by atoms with Crippen LogP contribution in [0.25, 0.3) is 0 Å². The van der Waals surface area contributed by atoms with E-state index >= 15 is 0 Å². The summed E-state index contributed by atoms with van der Waals surface area (Å²) in [7, 11) is 1.49. The first-order chi connectivity index (χ1) is 27.0. The fraction of sp³-hybridized carbons (Fsp3) is 0.957. The molecule has 1 N–H and O–H groups in total. The van der Waals surface area contributed by atoms with E-state index in [-0.39, 0.29) is 25.6 Å². The van der Waals surface area contributed by atoms with Crippen molar-refractivity contribution >= 4 is 19.8 Å². The molecule has 2 atom stereocenters. The first-order valence-corrected chi connectivity index (χ1v) is 25.3. The van der Waals surface area contributed by atoms with Crippen LogP contribution < -0.4 is 0 Å². The zero-order valence-corrected chi connectivity index (χ0v) is 38.5. The lowest BCUT2D eigenvalue weighted by Gasteiger charge is -2.24. The third-order valence-corrected chi connectivity index (χ3v) is 11.6. The number of unbranched alkanes of at least 4 members (excludes halogenated alkanes) is 30. The molecular formula is C46H93NO8P+. The minimum atomic E-state index is -4.37. The fourth-order valence-corrected chi connectivity index (χ4v) is 7.64. The van der Waals surface area contributed by atoms with E-state index in [9.17, 15) is 19.0 Å². The molecule has 0 rings (SSSR count). The molecule has 0 amide bonds. The molecular weight excluding hydrogens is 725 g/mol. The number of phosphoric ester groups is 1. The maximum absolute atomic E-state index is 12.7. The van der Waals surface area contributed by atoms with E-state index in [4.69, 9.17) is 18.5 Å². The third kappa shape index (κ3) is 42.6. The summed E-state index contributed by atoms with van der Waals surface area (Å²) in [4.78, 5) is 35.4. The number of esters is 2. The van der Waals surface area contributed by atoms with Crippen molar-refractivity contribution in [1.82, 2.24) is 0 Å². The Hall–Kier alpha value is -0.990. The van der Waals surface area contributed by atoms with Gasteiger partial charge in [-0.1, -0.05) is 206 Å². The minimum absolute atomic E-state index is 0.0370. The van der Waals surface area contributed by atoms with Gasteiger partial charge in [-0.05, 0) is 12.8 Å². The Labute approximate surface area is 346 Å². The zero-order chi connectivity index (χ0) is 41.4. The monoisotopic (exact) mass is 819 g/mol. The number of rotatable bonds is 44. The van der Waals surface area contributed by atoms with Crippen LogP contribution in [-0.4, -0.2) is 74.9 Å². The summed E-state index contributed by atoms with van der Waals surface area (Å²) >= 11 is 0. The van der Waals surface area contributed by atoms with Crippen molar-refractivity contribution in [2.75, 3.05) is 47.5 Å². The van der Waals surface area contributed by atoms with Crippen molar-refractivity contribution in [2.45, 2.75) is 238 Å². The van der Waals surface area contributed by atoms with E-state index in [0.29, 0.717) is 17.4 Å². The van der Waals surface area contributed by atoms with Crippen molar-refractivity contribution in [3.8, 4) is 0 Å². The molecule has 0 radical (unpaired) electrons. The highest BCUT2D eigenvalue weighted by Gasteiger charge is 2.27. The summed E-state index contributed by atoms with van der Waals surface area (Å²) in [6, 6.07) is 0. The van der Waals surface area contributed by atoms with Gasteiger partial charge in [0.1, 0.15) is 19.8 Å². The third-order valence-electron chi connectivity index (χ3n) is 10.6. The van der Waals surface area contributed by atoms with Gasteiger partial charge in [0, 0.05) is 12.8 Å². The van der Waals surface area contributed by atoms with Gasteiger partial charge in [0.05, 0.1) is 27.7 Å². The number of carbonyl (C=O) groups excluding carboxylic acids is 2. The summed E-state index contributed by atoms with van der Waals surface area (Å²) in [5.74, 6) is -0.781. The Morgan fingerprint density at radius 1 is 0.482 bits per heavy atom. The molecule has 334 valence electrons. The van der Waals surface area contributed by atoms with Gasteiger partial charge in [0.15, 0.2) is 6.10 Å². The molecule has 10 heteroatoms. The molecule has 0 aromatic rings. The Balaban J connectivity index is 4.26. The lowest BCUT2D eigenvalue weighted by molar-refractivity contribution is -0.870. The van der Waals surface area contributed by atoms with Crippen LogP contribution >= 0.6 is 7.82 Å². The molecule has 0 saturated heterocycles. The van der Waals surface area contributed by atoms with Gasteiger partial charge in [-0.2, -0.15) is 0 Å².